The summed E-state index contributed by atoms with van der Waals surface area (Å²) < 4.78 is 58.1. The van der Waals surface area contributed by atoms with E-state index in [2.05, 4.69) is 0 Å². The number of carbonyl (C=O) groups is 1. The van der Waals surface area contributed by atoms with Crippen LogP contribution in [0.4, 0.5) is 13.2 Å². The number of rotatable bonds is 6. The third kappa shape index (κ3) is 5.32. The van der Waals surface area contributed by atoms with Gasteiger partial charge in [0.2, 0.25) is 7.37 Å². The molecule has 1 N–H and O–H groups in total. The molecular formula is C21H22ClF3NO4P. The van der Waals surface area contributed by atoms with Crippen molar-refractivity contribution in [2.45, 2.75) is 25.3 Å². The third-order valence-corrected chi connectivity index (χ3v) is 8.44. The van der Waals surface area contributed by atoms with Crippen LogP contribution < -0.4 is 0 Å². The van der Waals surface area contributed by atoms with Gasteiger partial charge in [0.25, 0.3) is 0 Å². The van der Waals surface area contributed by atoms with Gasteiger partial charge in [-0.2, -0.15) is 13.2 Å². The zero-order valence-electron chi connectivity index (χ0n) is 16.7. The highest BCUT2D eigenvalue weighted by molar-refractivity contribution is 7.60. The number of nitrogens with zero attached hydrogens (tertiary/aromatic N) is 1. The highest BCUT2D eigenvalue weighted by Gasteiger charge is 2.44. The Morgan fingerprint density at radius 2 is 2.00 bits per heavy atom. The standard InChI is InChI=1S/C21H22ClF3NO4P/c1-2-30-31(29)10-9-26(13-19(31)20(27)28)12-15-5-3-4-6-16(15)14-7-8-18(22)17(11-14)21(23,24)25/h3-8,11,19H,2,9-10,12-13H2,1H3,(H,27,28). The first kappa shape index (κ1) is 23.8. The predicted molar refractivity (Wildman–Crippen MR) is 113 cm³/mol. The number of carboxylic acid groups (broad SMARTS) is 1. The van der Waals surface area contributed by atoms with Crippen LogP contribution in [0.25, 0.3) is 11.1 Å². The summed E-state index contributed by atoms with van der Waals surface area (Å²) in [5, 5.41) is 9.18. The molecule has 1 aliphatic rings. The van der Waals surface area contributed by atoms with Crippen molar-refractivity contribution >= 4 is 24.9 Å². The molecule has 168 valence electrons. The number of aliphatic carboxylic acids is 1. The second-order valence-electron chi connectivity index (χ2n) is 7.31. The summed E-state index contributed by atoms with van der Waals surface area (Å²) in [4.78, 5) is 13.5. The van der Waals surface area contributed by atoms with E-state index in [0.29, 0.717) is 24.2 Å². The van der Waals surface area contributed by atoms with Crippen molar-refractivity contribution in [3.63, 3.8) is 0 Å². The molecule has 0 aliphatic carbocycles. The van der Waals surface area contributed by atoms with Crippen LogP contribution in [0.3, 0.4) is 0 Å². The fourth-order valence-corrected chi connectivity index (χ4v) is 6.41. The molecule has 2 aromatic carbocycles. The Morgan fingerprint density at radius 3 is 2.65 bits per heavy atom. The lowest BCUT2D eigenvalue weighted by Gasteiger charge is -2.36. The second kappa shape index (κ2) is 9.33. The summed E-state index contributed by atoms with van der Waals surface area (Å²) in [5.41, 5.74) is -0.367. The molecule has 2 aromatic rings. The second-order valence-corrected chi connectivity index (χ2v) is 10.5. The minimum atomic E-state index is -4.58. The topological polar surface area (TPSA) is 66.8 Å². The fourth-order valence-electron chi connectivity index (χ4n) is 3.75. The molecule has 0 saturated carbocycles. The van der Waals surface area contributed by atoms with E-state index in [9.17, 15) is 27.6 Å². The Hall–Kier alpha value is -1.86. The van der Waals surface area contributed by atoms with Crippen molar-refractivity contribution in [3.05, 3.63) is 58.6 Å². The molecule has 0 radical (unpaired) electrons. The molecule has 0 amide bonds. The Balaban J connectivity index is 1.89. The lowest BCUT2D eigenvalue weighted by molar-refractivity contribution is -0.138. The van der Waals surface area contributed by atoms with Gasteiger partial charge in [-0.1, -0.05) is 41.9 Å². The van der Waals surface area contributed by atoms with Crippen molar-refractivity contribution in [1.82, 2.24) is 4.90 Å². The number of hydrogen-bond acceptors (Lipinski definition) is 4. The molecule has 0 aromatic heterocycles. The molecule has 1 heterocycles. The summed E-state index contributed by atoms with van der Waals surface area (Å²) in [5.74, 6) is -1.18. The summed E-state index contributed by atoms with van der Waals surface area (Å²) >= 11 is 5.74. The molecule has 10 heteroatoms. The van der Waals surface area contributed by atoms with Crippen molar-refractivity contribution < 1.29 is 32.2 Å². The van der Waals surface area contributed by atoms with Gasteiger partial charge in [-0.3, -0.25) is 14.3 Å². The maximum absolute atomic E-state index is 13.3. The van der Waals surface area contributed by atoms with Gasteiger partial charge in [0, 0.05) is 25.8 Å². The van der Waals surface area contributed by atoms with Gasteiger partial charge in [0.15, 0.2) is 0 Å². The Bertz CT molecular complexity index is 1010. The monoisotopic (exact) mass is 475 g/mol. The normalized spacial score (nSPS) is 22.4. The zero-order valence-corrected chi connectivity index (χ0v) is 18.4. The van der Waals surface area contributed by atoms with Crippen molar-refractivity contribution in [2.75, 3.05) is 25.9 Å². The number of halogens is 4. The number of alkyl halides is 3. The van der Waals surface area contributed by atoms with Crippen LogP contribution in [0, 0.1) is 0 Å². The van der Waals surface area contributed by atoms with E-state index in [0.717, 1.165) is 11.6 Å². The van der Waals surface area contributed by atoms with Crippen molar-refractivity contribution in [1.29, 1.82) is 0 Å². The molecule has 0 spiro atoms. The smallest absolute Gasteiger partial charge is 0.417 e. The van der Waals surface area contributed by atoms with E-state index in [1.54, 1.807) is 31.2 Å². The van der Waals surface area contributed by atoms with Gasteiger partial charge in [0.1, 0.15) is 5.66 Å². The molecule has 1 fully saturated rings. The first-order valence-electron chi connectivity index (χ1n) is 9.68. The van der Waals surface area contributed by atoms with Gasteiger partial charge in [-0.15, -0.1) is 0 Å². The number of carboxylic acids is 1. The van der Waals surface area contributed by atoms with Crippen molar-refractivity contribution in [2.24, 2.45) is 0 Å². The maximum atomic E-state index is 13.3. The summed E-state index contributed by atoms with van der Waals surface area (Å²) in [6.45, 7) is 2.54. The van der Waals surface area contributed by atoms with E-state index in [-0.39, 0.29) is 24.3 Å². The Labute approximate surface area is 183 Å². The van der Waals surface area contributed by atoms with E-state index in [4.69, 9.17) is 16.1 Å². The number of benzene rings is 2. The van der Waals surface area contributed by atoms with E-state index < -0.39 is 30.7 Å². The average Bonchev–Trinajstić information content (AvgIpc) is 2.69. The summed E-state index contributed by atoms with van der Waals surface area (Å²) in [6, 6.07) is 10.7. The van der Waals surface area contributed by atoms with E-state index in [1.165, 1.54) is 12.1 Å². The summed E-state index contributed by atoms with van der Waals surface area (Å²) in [7, 11) is -3.30. The van der Waals surface area contributed by atoms with Crippen LogP contribution in [0.2, 0.25) is 5.02 Å². The van der Waals surface area contributed by atoms with Gasteiger partial charge in [-0.05, 0) is 35.7 Å². The van der Waals surface area contributed by atoms with Crippen LogP contribution in [-0.2, 0) is 26.6 Å². The average molecular weight is 476 g/mol. The maximum Gasteiger partial charge on any atom is 0.417 e. The first-order valence-corrected chi connectivity index (χ1v) is 11.9. The molecule has 1 aliphatic heterocycles. The molecule has 3 rings (SSSR count). The third-order valence-electron chi connectivity index (χ3n) is 5.26. The highest BCUT2D eigenvalue weighted by atomic mass is 35.5. The molecule has 2 unspecified atom stereocenters. The van der Waals surface area contributed by atoms with Crippen LogP contribution in [0.1, 0.15) is 18.1 Å². The lowest BCUT2D eigenvalue weighted by atomic mass is 9.97. The molecule has 2 atom stereocenters. The van der Waals surface area contributed by atoms with Gasteiger partial charge >= 0.3 is 12.1 Å². The van der Waals surface area contributed by atoms with Crippen LogP contribution >= 0.6 is 19.0 Å². The molecule has 31 heavy (non-hydrogen) atoms. The fraction of sp³-hybridized carbons (Fsp3) is 0.381. The van der Waals surface area contributed by atoms with Crippen LogP contribution in [0.15, 0.2) is 42.5 Å². The Kier molecular flexibility index (Phi) is 7.16. The lowest BCUT2D eigenvalue weighted by Crippen LogP contribution is -2.44. The highest BCUT2D eigenvalue weighted by Crippen LogP contribution is 2.54. The molecule has 1 saturated heterocycles. The van der Waals surface area contributed by atoms with Crippen LogP contribution in [-0.4, -0.2) is 47.5 Å². The predicted octanol–water partition coefficient (Wildman–Crippen LogP) is 5.61. The first-order chi connectivity index (χ1) is 14.5. The Morgan fingerprint density at radius 1 is 1.29 bits per heavy atom. The summed E-state index contributed by atoms with van der Waals surface area (Å²) in [6.07, 6.45) is -4.47. The van der Waals surface area contributed by atoms with Crippen molar-refractivity contribution in [3.8, 4) is 11.1 Å². The molecule has 5 nitrogen and oxygen atoms in total. The SMILES string of the molecule is CCOP1(=O)CCN(Cc2ccccc2-c2ccc(Cl)c(C(F)(F)F)c2)CC1C(=O)O. The zero-order chi connectivity index (χ0) is 22.8. The van der Waals surface area contributed by atoms with Gasteiger partial charge in [0.05, 0.1) is 17.2 Å². The van der Waals surface area contributed by atoms with Gasteiger partial charge in [-0.25, -0.2) is 0 Å². The largest absolute Gasteiger partial charge is 0.481 e. The minimum Gasteiger partial charge on any atom is -0.481 e. The van der Waals surface area contributed by atoms with Crippen LogP contribution in [0.5, 0.6) is 0 Å². The van der Waals surface area contributed by atoms with E-state index >= 15 is 0 Å². The van der Waals surface area contributed by atoms with E-state index in [1.807, 2.05) is 4.90 Å². The van der Waals surface area contributed by atoms with Gasteiger partial charge < -0.3 is 9.63 Å². The molecule has 0 bridgehead atoms. The minimum absolute atomic E-state index is 0.0371. The quantitative estimate of drug-likeness (QED) is 0.550. The molecular weight excluding hydrogens is 454 g/mol. The number of hydrogen-bond donors (Lipinski definition) is 1.